The Morgan fingerprint density at radius 1 is 1.32 bits per heavy atom. The molecule has 0 spiro atoms. The van der Waals surface area contributed by atoms with Gasteiger partial charge < -0.3 is 10.4 Å². The van der Waals surface area contributed by atoms with E-state index in [1.165, 1.54) is 18.3 Å². The van der Waals surface area contributed by atoms with Gasteiger partial charge in [0.05, 0.1) is 5.56 Å². The molecule has 1 aromatic heterocycles. The molecule has 0 radical (unpaired) electrons. The molecule has 6 nitrogen and oxygen atoms in total. The first-order valence-corrected chi connectivity index (χ1v) is 5.99. The second kappa shape index (κ2) is 7.82. The fraction of sp³-hybridized carbons (Fsp3) is 0.385. The van der Waals surface area contributed by atoms with Crippen LogP contribution in [0.15, 0.2) is 18.3 Å². The van der Waals surface area contributed by atoms with Gasteiger partial charge in [0.1, 0.15) is 11.8 Å². The van der Waals surface area contributed by atoms with Crippen LogP contribution in [0.2, 0.25) is 0 Å². The minimum Gasteiger partial charge on any atom is -0.481 e. The van der Waals surface area contributed by atoms with Crippen molar-refractivity contribution in [3.05, 3.63) is 29.6 Å². The Morgan fingerprint density at radius 2 is 2.11 bits per heavy atom. The van der Waals surface area contributed by atoms with Crippen molar-refractivity contribution in [3.8, 4) is 6.07 Å². The first kappa shape index (κ1) is 14.6. The van der Waals surface area contributed by atoms with Gasteiger partial charge in [0.2, 0.25) is 0 Å². The molecule has 0 aliphatic rings. The van der Waals surface area contributed by atoms with Gasteiger partial charge in [0.25, 0.3) is 5.91 Å². The van der Waals surface area contributed by atoms with E-state index in [4.69, 9.17) is 10.4 Å². The van der Waals surface area contributed by atoms with Gasteiger partial charge in [-0.25, -0.2) is 4.98 Å². The molecule has 0 unspecified atom stereocenters. The maximum Gasteiger partial charge on any atom is 0.303 e. The number of carboxylic acid groups (broad SMARTS) is 1. The number of pyridine rings is 1. The zero-order valence-corrected chi connectivity index (χ0v) is 10.4. The summed E-state index contributed by atoms with van der Waals surface area (Å²) >= 11 is 0. The SMILES string of the molecule is N#Cc1ccc(C(=O)NCCCCCC(=O)O)nc1. The van der Waals surface area contributed by atoms with Crippen LogP contribution in [0, 0.1) is 11.3 Å². The van der Waals surface area contributed by atoms with Crippen molar-refractivity contribution in [2.24, 2.45) is 0 Å². The predicted octanol–water partition coefficient (Wildman–Crippen LogP) is 1.33. The summed E-state index contributed by atoms with van der Waals surface area (Å²) in [7, 11) is 0. The van der Waals surface area contributed by atoms with Crippen LogP contribution in [0.1, 0.15) is 41.7 Å². The number of carbonyl (C=O) groups is 2. The van der Waals surface area contributed by atoms with E-state index < -0.39 is 5.97 Å². The summed E-state index contributed by atoms with van der Waals surface area (Å²) in [6, 6.07) is 4.96. The van der Waals surface area contributed by atoms with E-state index in [9.17, 15) is 9.59 Å². The minimum atomic E-state index is -0.800. The molecular weight excluding hydrogens is 246 g/mol. The second-order valence-electron chi connectivity index (χ2n) is 4.00. The molecule has 0 saturated heterocycles. The van der Waals surface area contributed by atoms with Crippen LogP contribution in [0.25, 0.3) is 0 Å². The lowest BCUT2D eigenvalue weighted by Gasteiger charge is -2.04. The van der Waals surface area contributed by atoms with Crippen LogP contribution in [0.5, 0.6) is 0 Å². The monoisotopic (exact) mass is 261 g/mol. The number of carbonyl (C=O) groups excluding carboxylic acids is 1. The van der Waals surface area contributed by atoms with Gasteiger partial charge in [0, 0.05) is 19.2 Å². The van der Waals surface area contributed by atoms with E-state index in [1.54, 1.807) is 0 Å². The average Bonchev–Trinajstić information content (AvgIpc) is 2.42. The molecule has 0 fully saturated rings. The van der Waals surface area contributed by atoms with Crippen molar-refractivity contribution in [3.63, 3.8) is 0 Å². The van der Waals surface area contributed by atoms with Crippen LogP contribution in [0.3, 0.4) is 0 Å². The number of nitrogens with zero attached hydrogens (tertiary/aromatic N) is 2. The summed E-state index contributed by atoms with van der Waals surface area (Å²) in [6.07, 6.45) is 3.61. The van der Waals surface area contributed by atoms with Crippen molar-refractivity contribution in [1.82, 2.24) is 10.3 Å². The number of rotatable bonds is 7. The zero-order chi connectivity index (χ0) is 14.1. The Labute approximate surface area is 111 Å². The lowest BCUT2D eigenvalue weighted by atomic mass is 10.2. The summed E-state index contributed by atoms with van der Waals surface area (Å²) in [5, 5.41) is 19.7. The summed E-state index contributed by atoms with van der Waals surface area (Å²) in [5.74, 6) is -1.09. The first-order chi connectivity index (χ1) is 9.13. The van der Waals surface area contributed by atoms with Gasteiger partial charge in [-0.3, -0.25) is 9.59 Å². The molecule has 19 heavy (non-hydrogen) atoms. The van der Waals surface area contributed by atoms with Gasteiger partial charge in [0.15, 0.2) is 0 Å². The van der Waals surface area contributed by atoms with Gasteiger partial charge in [-0.05, 0) is 25.0 Å². The average molecular weight is 261 g/mol. The highest BCUT2D eigenvalue weighted by Gasteiger charge is 2.06. The molecule has 1 heterocycles. The van der Waals surface area contributed by atoms with E-state index >= 15 is 0 Å². The third-order valence-corrected chi connectivity index (χ3v) is 2.48. The Morgan fingerprint density at radius 3 is 2.68 bits per heavy atom. The van der Waals surface area contributed by atoms with Crippen molar-refractivity contribution in [2.45, 2.75) is 25.7 Å². The molecule has 0 aliphatic heterocycles. The molecule has 1 amide bonds. The molecule has 0 aromatic carbocycles. The van der Waals surface area contributed by atoms with Crippen molar-refractivity contribution < 1.29 is 14.7 Å². The third kappa shape index (κ3) is 5.64. The van der Waals surface area contributed by atoms with Crippen LogP contribution in [0.4, 0.5) is 0 Å². The quantitative estimate of drug-likeness (QED) is 0.721. The fourth-order valence-corrected chi connectivity index (χ4v) is 1.46. The van der Waals surface area contributed by atoms with Crippen LogP contribution in [-0.2, 0) is 4.79 Å². The number of aromatic nitrogens is 1. The van der Waals surface area contributed by atoms with E-state index in [0.717, 1.165) is 12.8 Å². The minimum absolute atomic E-state index is 0.158. The Bertz CT molecular complexity index is 477. The second-order valence-corrected chi connectivity index (χ2v) is 4.00. The topological polar surface area (TPSA) is 103 Å². The number of hydrogen-bond donors (Lipinski definition) is 2. The summed E-state index contributed by atoms with van der Waals surface area (Å²) < 4.78 is 0. The van der Waals surface area contributed by atoms with E-state index in [2.05, 4.69) is 10.3 Å². The Hall–Kier alpha value is -2.42. The normalized spacial score (nSPS) is 9.63. The van der Waals surface area contributed by atoms with Gasteiger partial charge in [-0.2, -0.15) is 5.26 Å². The van der Waals surface area contributed by atoms with Gasteiger partial charge >= 0.3 is 5.97 Å². The molecule has 0 aliphatic carbocycles. The highest BCUT2D eigenvalue weighted by Crippen LogP contribution is 2.01. The van der Waals surface area contributed by atoms with Gasteiger partial charge in [-0.15, -0.1) is 0 Å². The number of unbranched alkanes of at least 4 members (excludes halogenated alkanes) is 2. The summed E-state index contributed by atoms with van der Waals surface area (Å²) in [5.41, 5.74) is 0.676. The highest BCUT2D eigenvalue weighted by molar-refractivity contribution is 5.92. The highest BCUT2D eigenvalue weighted by atomic mass is 16.4. The maximum absolute atomic E-state index is 11.6. The van der Waals surface area contributed by atoms with E-state index in [1.807, 2.05) is 6.07 Å². The van der Waals surface area contributed by atoms with Crippen LogP contribution < -0.4 is 5.32 Å². The molecule has 100 valence electrons. The van der Waals surface area contributed by atoms with E-state index in [-0.39, 0.29) is 18.0 Å². The van der Waals surface area contributed by atoms with E-state index in [0.29, 0.717) is 18.5 Å². The van der Waals surface area contributed by atoms with Crippen molar-refractivity contribution in [1.29, 1.82) is 5.26 Å². The number of nitrogens with one attached hydrogen (secondary N) is 1. The zero-order valence-electron chi connectivity index (χ0n) is 10.4. The molecular formula is C13H15N3O3. The molecule has 1 rings (SSSR count). The molecule has 1 aromatic rings. The van der Waals surface area contributed by atoms with Crippen molar-refractivity contribution in [2.75, 3.05) is 6.54 Å². The largest absolute Gasteiger partial charge is 0.481 e. The first-order valence-electron chi connectivity index (χ1n) is 5.99. The lowest BCUT2D eigenvalue weighted by molar-refractivity contribution is -0.137. The molecule has 0 bridgehead atoms. The maximum atomic E-state index is 11.6. The number of nitriles is 1. The Balaban J connectivity index is 2.24. The fourth-order valence-electron chi connectivity index (χ4n) is 1.46. The Kier molecular flexibility index (Phi) is 6.03. The van der Waals surface area contributed by atoms with Crippen molar-refractivity contribution >= 4 is 11.9 Å². The molecule has 0 saturated carbocycles. The third-order valence-electron chi connectivity index (χ3n) is 2.48. The smallest absolute Gasteiger partial charge is 0.303 e. The summed E-state index contributed by atoms with van der Waals surface area (Å²) in [4.78, 5) is 25.8. The standard InChI is InChI=1S/C13H15N3O3/c14-8-10-5-6-11(16-9-10)13(19)15-7-3-1-2-4-12(17)18/h5-6,9H,1-4,7H2,(H,15,19)(H,17,18). The molecule has 2 N–H and O–H groups in total. The summed E-state index contributed by atoms with van der Waals surface area (Å²) in [6.45, 7) is 0.486. The molecule has 0 atom stereocenters. The predicted molar refractivity (Wildman–Crippen MR) is 67.4 cm³/mol. The number of carboxylic acids is 1. The molecule has 6 heteroatoms. The number of aliphatic carboxylic acids is 1. The van der Waals surface area contributed by atoms with Crippen LogP contribution >= 0.6 is 0 Å². The lowest BCUT2D eigenvalue weighted by Crippen LogP contribution is -2.25. The number of hydrogen-bond acceptors (Lipinski definition) is 4. The number of amides is 1. The van der Waals surface area contributed by atoms with Crippen LogP contribution in [-0.4, -0.2) is 28.5 Å². The van der Waals surface area contributed by atoms with Gasteiger partial charge in [-0.1, -0.05) is 6.42 Å².